The van der Waals surface area contributed by atoms with Gasteiger partial charge in [-0.3, -0.25) is 4.90 Å². The highest BCUT2D eigenvalue weighted by Crippen LogP contribution is 2.23. The molecular formula is C14H30N2O. The molecule has 2 N–H and O–H groups in total. The maximum absolute atomic E-state index is 9.57. The zero-order valence-corrected chi connectivity index (χ0v) is 11.8. The molecule has 0 heterocycles. The lowest BCUT2D eigenvalue weighted by atomic mass is 9.92. The standard InChI is InChI=1S/C14H30N2O/c1-4-15-14(3,12-17)11-16(5-2)13-9-7-6-8-10-13/h13,15,17H,4-12H2,1-3H3. The van der Waals surface area contributed by atoms with Gasteiger partial charge in [0.05, 0.1) is 12.1 Å². The molecule has 0 radical (unpaired) electrons. The van der Waals surface area contributed by atoms with E-state index < -0.39 is 0 Å². The molecule has 1 rings (SSSR count). The summed E-state index contributed by atoms with van der Waals surface area (Å²) in [5.74, 6) is 0. The van der Waals surface area contributed by atoms with Gasteiger partial charge in [-0.25, -0.2) is 0 Å². The van der Waals surface area contributed by atoms with Gasteiger partial charge in [0.25, 0.3) is 0 Å². The Hall–Kier alpha value is -0.120. The van der Waals surface area contributed by atoms with E-state index in [1.807, 2.05) is 0 Å². The highest BCUT2D eigenvalue weighted by Gasteiger charge is 2.28. The lowest BCUT2D eigenvalue weighted by Gasteiger charge is -2.40. The van der Waals surface area contributed by atoms with E-state index in [9.17, 15) is 5.11 Å². The fourth-order valence-corrected chi connectivity index (χ4v) is 2.98. The van der Waals surface area contributed by atoms with Crippen LogP contribution in [0, 0.1) is 0 Å². The summed E-state index contributed by atoms with van der Waals surface area (Å²) in [7, 11) is 0. The van der Waals surface area contributed by atoms with Crippen molar-refractivity contribution in [2.45, 2.75) is 64.5 Å². The first-order valence-electron chi connectivity index (χ1n) is 7.25. The van der Waals surface area contributed by atoms with Gasteiger partial charge >= 0.3 is 0 Å². The van der Waals surface area contributed by atoms with E-state index in [1.165, 1.54) is 32.1 Å². The maximum atomic E-state index is 9.57. The number of aliphatic hydroxyl groups is 1. The minimum atomic E-state index is -0.151. The summed E-state index contributed by atoms with van der Waals surface area (Å²) >= 11 is 0. The van der Waals surface area contributed by atoms with Crippen molar-refractivity contribution in [3.63, 3.8) is 0 Å². The molecule has 0 amide bonds. The molecule has 0 bridgehead atoms. The zero-order valence-electron chi connectivity index (χ0n) is 11.8. The van der Waals surface area contributed by atoms with Gasteiger partial charge in [-0.2, -0.15) is 0 Å². The van der Waals surface area contributed by atoms with Gasteiger partial charge in [0, 0.05) is 12.6 Å². The number of hydrogen-bond donors (Lipinski definition) is 2. The molecule has 102 valence electrons. The van der Waals surface area contributed by atoms with E-state index >= 15 is 0 Å². The lowest BCUT2D eigenvalue weighted by Crippen LogP contribution is -2.56. The molecule has 1 aliphatic carbocycles. The van der Waals surface area contributed by atoms with Crippen LogP contribution in [0.5, 0.6) is 0 Å². The minimum Gasteiger partial charge on any atom is -0.394 e. The molecule has 17 heavy (non-hydrogen) atoms. The predicted molar refractivity (Wildman–Crippen MR) is 73.3 cm³/mol. The van der Waals surface area contributed by atoms with Crippen molar-refractivity contribution in [2.75, 3.05) is 26.2 Å². The Bertz CT molecular complexity index is 204. The van der Waals surface area contributed by atoms with Crippen molar-refractivity contribution in [2.24, 2.45) is 0 Å². The number of aliphatic hydroxyl groups excluding tert-OH is 1. The quantitative estimate of drug-likeness (QED) is 0.717. The highest BCUT2D eigenvalue weighted by molar-refractivity contribution is 4.88. The summed E-state index contributed by atoms with van der Waals surface area (Å²) in [6, 6.07) is 0.735. The Morgan fingerprint density at radius 1 is 1.24 bits per heavy atom. The van der Waals surface area contributed by atoms with Crippen molar-refractivity contribution in [1.82, 2.24) is 10.2 Å². The third kappa shape index (κ3) is 4.57. The van der Waals surface area contributed by atoms with E-state index in [2.05, 4.69) is 31.0 Å². The molecule has 0 aliphatic heterocycles. The number of hydrogen-bond acceptors (Lipinski definition) is 3. The van der Waals surface area contributed by atoms with Crippen LogP contribution in [-0.4, -0.2) is 47.8 Å². The molecule has 3 heteroatoms. The van der Waals surface area contributed by atoms with Crippen LogP contribution < -0.4 is 5.32 Å². The molecule has 0 aromatic rings. The molecule has 0 spiro atoms. The summed E-state index contributed by atoms with van der Waals surface area (Å²) in [4.78, 5) is 2.55. The Kier molecular flexibility index (Phi) is 6.45. The van der Waals surface area contributed by atoms with Gasteiger partial charge in [0.1, 0.15) is 0 Å². The molecule has 1 atom stereocenters. The number of likely N-dealkylation sites (N-methyl/N-ethyl adjacent to an activating group) is 2. The van der Waals surface area contributed by atoms with Crippen LogP contribution in [0.3, 0.4) is 0 Å². The van der Waals surface area contributed by atoms with Crippen molar-refractivity contribution in [3.8, 4) is 0 Å². The summed E-state index contributed by atoms with van der Waals surface area (Å²) in [5.41, 5.74) is -0.151. The Morgan fingerprint density at radius 3 is 2.35 bits per heavy atom. The van der Waals surface area contributed by atoms with Crippen LogP contribution in [0.25, 0.3) is 0 Å². The minimum absolute atomic E-state index is 0.151. The van der Waals surface area contributed by atoms with Gasteiger partial charge in [0.15, 0.2) is 0 Å². The molecule has 3 nitrogen and oxygen atoms in total. The van der Waals surface area contributed by atoms with Crippen LogP contribution in [0.4, 0.5) is 0 Å². The smallest absolute Gasteiger partial charge is 0.0623 e. The molecule has 1 fully saturated rings. The summed E-state index contributed by atoms with van der Waals surface area (Å²) < 4.78 is 0. The first kappa shape index (κ1) is 14.9. The molecule has 0 saturated heterocycles. The lowest BCUT2D eigenvalue weighted by molar-refractivity contribution is 0.0847. The van der Waals surface area contributed by atoms with Crippen molar-refractivity contribution in [3.05, 3.63) is 0 Å². The third-order valence-corrected chi connectivity index (χ3v) is 4.00. The first-order chi connectivity index (χ1) is 8.15. The summed E-state index contributed by atoms with van der Waals surface area (Å²) in [6.45, 7) is 9.64. The summed E-state index contributed by atoms with van der Waals surface area (Å²) in [5, 5.41) is 13.0. The average Bonchev–Trinajstić information content (AvgIpc) is 2.37. The van der Waals surface area contributed by atoms with Crippen molar-refractivity contribution < 1.29 is 5.11 Å². The number of nitrogens with zero attached hydrogens (tertiary/aromatic N) is 1. The maximum Gasteiger partial charge on any atom is 0.0623 e. The highest BCUT2D eigenvalue weighted by atomic mass is 16.3. The summed E-state index contributed by atoms with van der Waals surface area (Å²) in [6.07, 6.45) is 6.82. The van der Waals surface area contributed by atoms with Crippen molar-refractivity contribution in [1.29, 1.82) is 0 Å². The molecule has 1 unspecified atom stereocenters. The van der Waals surface area contributed by atoms with E-state index in [1.54, 1.807) is 0 Å². The van der Waals surface area contributed by atoms with Crippen molar-refractivity contribution >= 4 is 0 Å². The Balaban J connectivity index is 2.54. The third-order valence-electron chi connectivity index (χ3n) is 4.00. The second-order valence-corrected chi connectivity index (χ2v) is 5.60. The van der Waals surface area contributed by atoms with Gasteiger partial charge < -0.3 is 10.4 Å². The van der Waals surface area contributed by atoms with E-state index in [4.69, 9.17) is 0 Å². The monoisotopic (exact) mass is 242 g/mol. The van der Waals surface area contributed by atoms with Gasteiger partial charge in [-0.05, 0) is 32.9 Å². The van der Waals surface area contributed by atoms with Crippen LogP contribution in [-0.2, 0) is 0 Å². The zero-order chi connectivity index (χ0) is 12.7. The van der Waals surface area contributed by atoms with Crippen LogP contribution in [0.15, 0.2) is 0 Å². The van der Waals surface area contributed by atoms with Crippen LogP contribution >= 0.6 is 0 Å². The topological polar surface area (TPSA) is 35.5 Å². The predicted octanol–water partition coefficient (Wildman–Crippen LogP) is 2.00. The second kappa shape index (κ2) is 7.34. The molecule has 1 saturated carbocycles. The largest absolute Gasteiger partial charge is 0.394 e. The fraction of sp³-hybridized carbons (Fsp3) is 1.00. The van der Waals surface area contributed by atoms with E-state index in [-0.39, 0.29) is 12.1 Å². The van der Waals surface area contributed by atoms with Gasteiger partial charge in [-0.15, -0.1) is 0 Å². The number of rotatable bonds is 7. The molecule has 0 aromatic heterocycles. The second-order valence-electron chi connectivity index (χ2n) is 5.60. The normalized spacial score (nSPS) is 21.7. The first-order valence-corrected chi connectivity index (χ1v) is 7.25. The van der Waals surface area contributed by atoms with Gasteiger partial charge in [-0.1, -0.05) is 33.1 Å². The molecule has 0 aromatic carbocycles. The molecular weight excluding hydrogens is 212 g/mol. The molecule has 1 aliphatic rings. The van der Waals surface area contributed by atoms with E-state index in [0.717, 1.165) is 25.7 Å². The number of nitrogens with one attached hydrogen (secondary N) is 1. The van der Waals surface area contributed by atoms with Crippen LogP contribution in [0.2, 0.25) is 0 Å². The average molecular weight is 242 g/mol. The fourth-order valence-electron chi connectivity index (χ4n) is 2.98. The van der Waals surface area contributed by atoms with E-state index in [0.29, 0.717) is 0 Å². The van der Waals surface area contributed by atoms with Crippen LogP contribution in [0.1, 0.15) is 52.9 Å². The Labute approximate surface area is 107 Å². The van der Waals surface area contributed by atoms with Gasteiger partial charge in [0.2, 0.25) is 0 Å². The Morgan fingerprint density at radius 2 is 1.88 bits per heavy atom. The SMILES string of the molecule is CCNC(C)(CO)CN(CC)C1CCCCC1.